The Balaban J connectivity index is 1.54. The molecule has 1 amide bonds. The second-order valence-electron chi connectivity index (χ2n) is 5.55. The molecule has 0 saturated heterocycles. The summed E-state index contributed by atoms with van der Waals surface area (Å²) in [5.41, 5.74) is 2.23. The maximum absolute atomic E-state index is 12.2. The van der Waals surface area contributed by atoms with Crippen LogP contribution in [-0.2, 0) is 19.4 Å². The molecular formula is C15H20N4OS2. The van der Waals surface area contributed by atoms with Crippen molar-refractivity contribution >= 4 is 28.8 Å². The van der Waals surface area contributed by atoms with E-state index >= 15 is 0 Å². The average Bonchev–Trinajstić information content (AvgIpc) is 3.19. The summed E-state index contributed by atoms with van der Waals surface area (Å²) in [5.74, 6) is -0.0491. The first-order valence-electron chi connectivity index (χ1n) is 7.57. The van der Waals surface area contributed by atoms with E-state index in [9.17, 15) is 4.79 Å². The summed E-state index contributed by atoms with van der Waals surface area (Å²) in [5, 5.41) is 9.19. The summed E-state index contributed by atoms with van der Waals surface area (Å²) >= 11 is 3.03. The number of amides is 1. The molecule has 0 fully saturated rings. The van der Waals surface area contributed by atoms with Gasteiger partial charge in [0.2, 0.25) is 0 Å². The number of aromatic nitrogens is 2. The smallest absolute Gasteiger partial charge is 0.265 e. The predicted octanol–water partition coefficient (Wildman–Crippen LogP) is 2.34. The maximum atomic E-state index is 12.2. The normalized spacial score (nSPS) is 16.3. The van der Waals surface area contributed by atoms with Gasteiger partial charge in [0.15, 0.2) is 0 Å². The molecule has 0 aliphatic carbocycles. The van der Waals surface area contributed by atoms with E-state index in [-0.39, 0.29) is 5.91 Å². The maximum Gasteiger partial charge on any atom is 0.265 e. The van der Waals surface area contributed by atoms with Gasteiger partial charge in [-0.25, -0.2) is 0 Å². The van der Waals surface area contributed by atoms with Crippen molar-refractivity contribution in [3.05, 3.63) is 32.5 Å². The molecule has 7 heteroatoms. The van der Waals surface area contributed by atoms with Crippen LogP contribution in [-0.4, -0.2) is 39.5 Å². The Hall–Kier alpha value is -1.31. The number of rotatable bonds is 5. The minimum absolute atomic E-state index is 0.0491. The highest BCUT2D eigenvalue weighted by molar-refractivity contribution is 7.10. The minimum Gasteiger partial charge on any atom is -0.350 e. The standard InChI is InChI=1S/C15H20N4OS2/c1-3-12-14(22-18-17-12)15(20)16-8-10(2)19-6-4-13-11(9-19)5-7-21-13/h5,7,10H,3-4,6,8-9H2,1-2H3,(H,16,20)/t10-/m1/s1. The van der Waals surface area contributed by atoms with Crippen LogP contribution in [0.2, 0.25) is 0 Å². The molecule has 3 rings (SSSR count). The van der Waals surface area contributed by atoms with Crippen LogP contribution < -0.4 is 5.32 Å². The number of carbonyl (C=O) groups excluding carboxylic acids is 1. The van der Waals surface area contributed by atoms with E-state index in [1.807, 2.05) is 18.3 Å². The van der Waals surface area contributed by atoms with Gasteiger partial charge in [-0.2, -0.15) is 0 Å². The van der Waals surface area contributed by atoms with E-state index in [4.69, 9.17) is 0 Å². The fourth-order valence-corrected chi connectivity index (χ4v) is 4.27. The van der Waals surface area contributed by atoms with Crippen LogP contribution in [0.25, 0.3) is 0 Å². The molecule has 1 aliphatic rings. The van der Waals surface area contributed by atoms with Gasteiger partial charge in [0.05, 0.1) is 5.69 Å². The first kappa shape index (κ1) is 15.6. The first-order chi connectivity index (χ1) is 10.7. The molecular weight excluding hydrogens is 316 g/mol. The molecule has 0 bridgehead atoms. The van der Waals surface area contributed by atoms with E-state index in [2.05, 4.69) is 38.2 Å². The van der Waals surface area contributed by atoms with Crippen molar-refractivity contribution < 1.29 is 4.79 Å². The topological polar surface area (TPSA) is 58.1 Å². The van der Waals surface area contributed by atoms with Gasteiger partial charge >= 0.3 is 0 Å². The Labute approximate surface area is 138 Å². The molecule has 22 heavy (non-hydrogen) atoms. The largest absolute Gasteiger partial charge is 0.350 e. The van der Waals surface area contributed by atoms with Gasteiger partial charge in [0.25, 0.3) is 5.91 Å². The monoisotopic (exact) mass is 336 g/mol. The Morgan fingerprint density at radius 1 is 1.55 bits per heavy atom. The van der Waals surface area contributed by atoms with Crippen molar-refractivity contribution in [3.63, 3.8) is 0 Å². The summed E-state index contributed by atoms with van der Waals surface area (Å²) in [6.07, 6.45) is 1.85. The molecule has 2 aromatic rings. The summed E-state index contributed by atoms with van der Waals surface area (Å²) in [6.45, 7) is 6.86. The van der Waals surface area contributed by atoms with E-state index in [1.165, 1.54) is 22.0 Å². The highest BCUT2D eigenvalue weighted by Gasteiger charge is 2.22. The fourth-order valence-electron chi connectivity index (χ4n) is 2.71. The third-order valence-electron chi connectivity index (χ3n) is 4.12. The van der Waals surface area contributed by atoms with Gasteiger partial charge in [0, 0.05) is 30.6 Å². The highest BCUT2D eigenvalue weighted by atomic mass is 32.1. The number of thiophene rings is 1. The number of nitrogens with zero attached hydrogens (tertiary/aromatic N) is 3. The molecule has 3 heterocycles. The van der Waals surface area contributed by atoms with E-state index < -0.39 is 0 Å². The lowest BCUT2D eigenvalue weighted by atomic mass is 10.1. The number of fused-ring (bicyclic) bond motifs is 1. The van der Waals surface area contributed by atoms with E-state index in [0.29, 0.717) is 17.5 Å². The van der Waals surface area contributed by atoms with Gasteiger partial charge in [-0.1, -0.05) is 11.4 Å². The third-order valence-corrected chi connectivity index (χ3v) is 5.91. The van der Waals surface area contributed by atoms with Crippen LogP contribution in [0.5, 0.6) is 0 Å². The molecule has 118 valence electrons. The highest BCUT2D eigenvalue weighted by Crippen LogP contribution is 2.25. The van der Waals surface area contributed by atoms with Crippen LogP contribution >= 0.6 is 22.9 Å². The summed E-state index contributed by atoms with van der Waals surface area (Å²) < 4.78 is 3.87. The van der Waals surface area contributed by atoms with Crippen molar-refractivity contribution in [2.75, 3.05) is 13.1 Å². The number of nitrogens with one attached hydrogen (secondary N) is 1. The molecule has 1 aliphatic heterocycles. The molecule has 5 nitrogen and oxygen atoms in total. The van der Waals surface area contributed by atoms with Gasteiger partial charge in [0.1, 0.15) is 4.88 Å². The number of hydrogen-bond acceptors (Lipinski definition) is 6. The fraction of sp³-hybridized carbons (Fsp3) is 0.533. The summed E-state index contributed by atoms with van der Waals surface area (Å²) in [4.78, 5) is 16.8. The van der Waals surface area contributed by atoms with Crippen LogP contribution in [0, 0.1) is 0 Å². The average molecular weight is 336 g/mol. The Kier molecular flexibility index (Phi) is 4.85. The molecule has 0 spiro atoms. The van der Waals surface area contributed by atoms with Gasteiger partial charge in [-0.05, 0) is 48.3 Å². The van der Waals surface area contributed by atoms with Crippen LogP contribution in [0.3, 0.4) is 0 Å². The Bertz CT molecular complexity index is 652. The molecule has 1 N–H and O–H groups in total. The van der Waals surface area contributed by atoms with Crippen LogP contribution in [0.15, 0.2) is 11.4 Å². The molecule has 0 radical (unpaired) electrons. The second kappa shape index (κ2) is 6.85. The lowest BCUT2D eigenvalue weighted by molar-refractivity contribution is 0.0935. The Morgan fingerprint density at radius 2 is 2.41 bits per heavy atom. The third kappa shape index (κ3) is 3.21. The van der Waals surface area contributed by atoms with Crippen molar-refractivity contribution in [1.82, 2.24) is 19.8 Å². The molecule has 0 saturated carbocycles. The SMILES string of the molecule is CCc1nnsc1C(=O)NC[C@@H](C)N1CCc2sccc2C1. The zero-order valence-corrected chi connectivity index (χ0v) is 14.5. The molecule has 2 aromatic heterocycles. The lowest BCUT2D eigenvalue weighted by Gasteiger charge is -2.32. The summed E-state index contributed by atoms with van der Waals surface area (Å²) in [7, 11) is 0. The van der Waals surface area contributed by atoms with Crippen LogP contribution in [0.4, 0.5) is 0 Å². The molecule has 1 atom stereocenters. The quantitative estimate of drug-likeness (QED) is 0.910. The summed E-state index contributed by atoms with van der Waals surface area (Å²) in [6, 6.07) is 2.54. The van der Waals surface area contributed by atoms with Gasteiger partial charge in [-0.15, -0.1) is 16.4 Å². The van der Waals surface area contributed by atoms with E-state index in [1.54, 1.807) is 0 Å². The number of hydrogen-bond donors (Lipinski definition) is 1. The molecule has 0 aromatic carbocycles. The zero-order chi connectivity index (χ0) is 15.5. The van der Waals surface area contributed by atoms with Crippen molar-refractivity contribution in [1.29, 1.82) is 0 Å². The zero-order valence-electron chi connectivity index (χ0n) is 12.8. The van der Waals surface area contributed by atoms with Gasteiger partial charge < -0.3 is 5.32 Å². The first-order valence-corrected chi connectivity index (χ1v) is 9.23. The Morgan fingerprint density at radius 3 is 3.23 bits per heavy atom. The predicted molar refractivity (Wildman–Crippen MR) is 89.5 cm³/mol. The van der Waals surface area contributed by atoms with Crippen molar-refractivity contribution in [2.24, 2.45) is 0 Å². The second-order valence-corrected chi connectivity index (χ2v) is 7.31. The number of carbonyl (C=O) groups is 1. The lowest BCUT2D eigenvalue weighted by Crippen LogP contribution is -2.44. The van der Waals surface area contributed by atoms with Crippen LogP contribution in [0.1, 0.15) is 39.7 Å². The molecule has 0 unspecified atom stereocenters. The van der Waals surface area contributed by atoms with E-state index in [0.717, 1.165) is 31.6 Å². The van der Waals surface area contributed by atoms with Crippen molar-refractivity contribution in [3.8, 4) is 0 Å². The van der Waals surface area contributed by atoms with Crippen molar-refractivity contribution in [2.45, 2.75) is 39.3 Å². The minimum atomic E-state index is -0.0491. The van der Waals surface area contributed by atoms with Gasteiger partial charge in [-0.3, -0.25) is 9.69 Å². The number of aryl methyl sites for hydroxylation is 1.